The number of aryl methyl sites for hydroxylation is 1. The molecule has 1 aromatic rings. The van der Waals surface area contributed by atoms with Crippen molar-refractivity contribution in [1.82, 2.24) is 9.44 Å². The van der Waals surface area contributed by atoms with E-state index in [1.807, 2.05) is 0 Å². The van der Waals surface area contributed by atoms with Gasteiger partial charge in [-0.05, 0) is 24.6 Å². The standard InChI is InChI=1S/C10H17N3O4S2/c1-8-3-4-10(9(11)7-8)19(16,17)13-6-5-12-18(2,14)15/h3-4,7,12-13H,5-6,11H2,1-2H3. The molecule has 0 aromatic heterocycles. The molecule has 0 aliphatic carbocycles. The molecule has 0 spiro atoms. The fraction of sp³-hybridized carbons (Fsp3) is 0.400. The number of benzene rings is 1. The number of hydrogen-bond donors (Lipinski definition) is 3. The molecule has 0 heterocycles. The third-order valence-electron chi connectivity index (χ3n) is 2.24. The summed E-state index contributed by atoms with van der Waals surface area (Å²) in [7, 11) is -7.07. The normalized spacial score (nSPS) is 12.5. The SMILES string of the molecule is Cc1ccc(S(=O)(=O)NCCNS(C)(=O)=O)c(N)c1. The summed E-state index contributed by atoms with van der Waals surface area (Å²) in [6, 6.07) is 4.61. The zero-order valence-electron chi connectivity index (χ0n) is 10.7. The Bertz CT molecular complexity index is 653. The van der Waals surface area contributed by atoms with E-state index in [1.54, 1.807) is 19.1 Å². The monoisotopic (exact) mass is 307 g/mol. The summed E-state index contributed by atoms with van der Waals surface area (Å²) >= 11 is 0. The van der Waals surface area contributed by atoms with Gasteiger partial charge in [0.1, 0.15) is 4.90 Å². The molecule has 108 valence electrons. The Morgan fingerprint density at radius 3 is 2.21 bits per heavy atom. The van der Waals surface area contributed by atoms with Crippen molar-refractivity contribution in [2.75, 3.05) is 25.1 Å². The van der Waals surface area contributed by atoms with Gasteiger partial charge in [0.2, 0.25) is 20.0 Å². The van der Waals surface area contributed by atoms with Crippen molar-refractivity contribution >= 4 is 25.7 Å². The molecule has 9 heteroatoms. The maximum absolute atomic E-state index is 11.9. The summed E-state index contributed by atoms with van der Waals surface area (Å²) < 4.78 is 49.9. The van der Waals surface area contributed by atoms with Gasteiger partial charge in [-0.2, -0.15) is 0 Å². The summed E-state index contributed by atoms with van der Waals surface area (Å²) in [5.41, 5.74) is 6.66. The van der Waals surface area contributed by atoms with E-state index < -0.39 is 20.0 Å². The van der Waals surface area contributed by atoms with Gasteiger partial charge in [-0.3, -0.25) is 0 Å². The average molecular weight is 307 g/mol. The Balaban J connectivity index is 2.71. The van der Waals surface area contributed by atoms with Gasteiger partial charge in [-0.15, -0.1) is 0 Å². The van der Waals surface area contributed by atoms with Crippen molar-refractivity contribution in [2.45, 2.75) is 11.8 Å². The second-order valence-corrected chi connectivity index (χ2v) is 7.67. The molecule has 19 heavy (non-hydrogen) atoms. The van der Waals surface area contributed by atoms with Crippen LogP contribution in [-0.4, -0.2) is 36.2 Å². The van der Waals surface area contributed by atoms with Crippen LogP contribution in [0.1, 0.15) is 5.56 Å². The van der Waals surface area contributed by atoms with Crippen LogP contribution in [-0.2, 0) is 20.0 Å². The molecule has 0 bridgehead atoms. The number of nitrogens with one attached hydrogen (secondary N) is 2. The lowest BCUT2D eigenvalue weighted by atomic mass is 10.2. The Hall–Kier alpha value is -1.16. The first-order valence-electron chi connectivity index (χ1n) is 5.42. The molecule has 0 amide bonds. The number of nitrogen functional groups attached to an aromatic ring is 1. The summed E-state index contributed by atoms with van der Waals surface area (Å²) in [6.07, 6.45) is 0.999. The van der Waals surface area contributed by atoms with E-state index in [2.05, 4.69) is 9.44 Å². The van der Waals surface area contributed by atoms with Crippen LogP contribution in [0, 0.1) is 6.92 Å². The van der Waals surface area contributed by atoms with Crippen LogP contribution in [0.3, 0.4) is 0 Å². The van der Waals surface area contributed by atoms with Crippen LogP contribution in [0.4, 0.5) is 5.69 Å². The Labute approximate surface area is 113 Å². The zero-order valence-corrected chi connectivity index (χ0v) is 12.3. The predicted octanol–water partition coefficient (Wildman–Crippen LogP) is -0.595. The molecule has 0 radical (unpaired) electrons. The number of hydrogen-bond acceptors (Lipinski definition) is 5. The maximum atomic E-state index is 11.9. The van der Waals surface area contributed by atoms with Crippen LogP contribution < -0.4 is 15.2 Å². The third kappa shape index (κ3) is 5.15. The smallest absolute Gasteiger partial charge is 0.242 e. The van der Waals surface area contributed by atoms with Crippen LogP contribution in [0.5, 0.6) is 0 Å². The molecule has 0 saturated heterocycles. The van der Waals surface area contributed by atoms with Crippen molar-refractivity contribution in [3.05, 3.63) is 23.8 Å². The highest BCUT2D eigenvalue weighted by atomic mass is 32.2. The molecule has 0 saturated carbocycles. The Morgan fingerprint density at radius 2 is 1.68 bits per heavy atom. The van der Waals surface area contributed by atoms with Gasteiger partial charge in [-0.1, -0.05) is 6.07 Å². The first-order chi connectivity index (χ1) is 8.62. The van der Waals surface area contributed by atoms with E-state index in [0.29, 0.717) is 0 Å². The van der Waals surface area contributed by atoms with Crippen LogP contribution in [0.15, 0.2) is 23.1 Å². The van der Waals surface area contributed by atoms with Crippen molar-refractivity contribution < 1.29 is 16.8 Å². The minimum absolute atomic E-state index is 0.0162. The molecule has 7 nitrogen and oxygen atoms in total. The van der Waals surface area contributed by atoms with Crippen molar-refractivity contribution in [3.8, 4) is 0 Å². The minimum Gasteiger partial charge on any atom is -0.398 e. The molecule has 0 fully saturated rings. The molecular weight excluding hydrogens is 290 g/mol. The van der Waals surface area contributed by atoms with Crippen LogP contribution in [0.2, 0.25) is 0 Å². The van der Waals surface area contributed by atoms with E-state index in [-0.39, 0.29) is 23.7 Å². The lowest BCUT2D eigenvalue weighted by Crippen LogP contribution is -2.34. The predicted molar refractivity (Wildman–Crippen MR) is 73.6 cm³/mol. The van der Waals surface area contributed by atoms with Crippen molar-refractivity contribution in [1.29, 1.82) is 0 Å². The maximum Gasteiger partial charge on any atom is 0.242 e. The summed E-state index contributed by atoms with van der Waals surface area (Å²) in [6.45, 7) is 1.72. The summed E-state index contributed by atoms with van der Waals surface area (Å²) in [5, 5.41) is 0. The fourth-order valence-electron chi connectivity index (χ4n) is 1.41. The molecule has 0 unspecified atom stereocenters. The van der Waals surface area contributed by atoms with E-state index >= 15 is 0 Å². The highest BCUT2D eigenvalue weighted by Crippen LogP contribution is 2.18. The zero-order chi connectivity index (χ0) is 14.7. The van der Waals surface area contributed by atoms with Crippen LogP contribution in [0.25, 0.3) is 0 Å². The summed E-state index contributed by atoms with van der Waals surface area (Å²) in [5.74, 6) is 0. The Kier molecular flexibility index (Phi) is 4.91. The van der Waals surface area contributed by atoms with Gasteiger partial charge in [0.05, 0.1) is 11.9 Å². The topological polar surface area (TPSA) is 118 Å². The van der Waals surface area contributed by atoms with Crippen molar-refractivity contribution in [2.24, 2.45) is 0 Å². The minimum atomic E-state index is -3.74. The quantitative estimate of drug-likeness (QED) is 0.479. The first-order valence-corrected chi connectivity index (χ1v) is 8.80. The molecule has 1 aromatic carbocycles. The van der Waals surface area contributed by atoms with Gasteiger partial charge in [0.15, 0.2) is 0 Å². The summed E-state index contributed by atoms with van der Waals surface area (Å²) in [4.78, 5) is -0.0162. The second kappa shape index (κ2) is 5.87. The highest BCUT2D eigenvalue weighted by molar-refractivity contribution is 7.89. The van der Waals surface area contributed by atoms with Gasteiger partial charge in [0, 0.05) is 13.1 Å². The van der Waals surface area contributed by atoms with Gasteiger partial charge < -0.3 is 5.73 Å². The van der Waals surface area contributed by atoms with E-state index in [1.165, 1.54) is 6.07 Å². The lowest BCUT2D eigenvalue weighted by Gasteiger charge is -2.09. The average Bonchev–Trinajstić information content (AvgIpc) is 2.22. The van der Waals surface area contributed by atoms with E-state index in [9.17, 15) is 16.8 Å². The van der Waals surface area contributed by atoms with Crippen LogP contribution >= 0.6 is 0 Å². The molecule has 0 aliphatic heterocycles. The molecule has 0 aliphatic rings. The van der Waals surface area contributed by atoms with Gasteiger partial charge >= 0.3 is 0 Å². The van der Waals surface area contributed by atoms with Gasteiger partial charge in [0.25, 0.3) is 0 Å². The number of nitrogens with two attached hydrogens (primary N) is 1. The fourth-order valence-corrected chi connectivity index (χ4v) is 3.03. The highest BCUT2D eigenvalue weighted by Gasteiger charge is 2.16. The molecular formula is C10H17N3O4S2. The molecule has 4 N–H and O–H groups in total. The third-order valence-corrected chi connectivity index (χ3v) is 4.50. The molecule has 1 rings (SSSR count). The number of anilines is 1. The number of sulfonamides is 2. The largest absolute Gasteiger partial charge is 0.398 e. The van der Waals surface area contributed by atoms with E-state index in [4.69, 9.17) is 5.73 Å². The Morgan fingerprint density at radius 1 is 1.11 bits per heavy atom. The van der Waals surface area contributed by atoms with Gasteiger partial charge in [-0.25, -0.2) is 26.3 Å². The van der Waals surface area contributed by atoms with Crippen molar-refractivity contribution in [3.63, 3.8) is 0 Å². The number of rotatable bonds is 6. The molecule has 0 atom stereocenters. The first kappa shape index (κ1) is 15.9. The lowest BCUT2D eigenvalue weighted by molar-refractivity contribution is 0.573. The van der Waals surface area contributed by atoms with E-state index in [0.717, 1.165) is 11.8 Å². The second-order valence-electron chi connectivity index (χ2n) is 4.11.